The molecule has 1 rings (SSSR count). The quantitative estimate of drug-likeness (QED) is 0.858. The number of benzene rings is 1. The summed E-state index contributed by atoms with van der Waals surface area (Å²) in [5.74, 6) is 0.0377. The maximum absolute atomic E-state index is 11.9. The summed E-state index contributed by atoms with van der Waals surface area (Å²) in [5, 5.41) is 6.31. The minimum absolute atomic E-state index is 0.0377. The van der Waals surface area contributed by atoms with Crippen LogP contribution in [0.3, 0.4) is 0 Å². The Hall–Kier alpha value is -1.35. The largest absolute Gasteiger partial charge is 0.326 e. The van der Waals surface area contributed by atoms with Crippen LogP contribution in [0, 0.1) is 5.41 Å². The second-order valence-electron chi connectivity index (χ2n) is 5.61. The van der Waals surface area contributed by atoms with E-state index in [1.807, 2.05) is 39.0 Å². The van der Waals surface area contributed by atoms with Crippen molar-refractivity contribution in [2.75, 3.05) is 11.9 Å². The normalized spacial score (nSPS) is 13.2. The van der Waals surface area contributed by atoms with Gasteiger partial charge in [-0.2, -0.15) is 0 Å². The SMILES string of the molecule is CCNC(C)c1cccc(NC(=O)C(C)(C)C)c1. The monoisotopic (exact) mass is 248 g/mol. The lowest BCUT2D eigenvalue weighted by Gasteiger charge is -2.19. The van der Waals surface area contributed by atoms with Gasteiger partial charge in [0.05, 0.1) is 0 Å². The smallest absolute Gasteiger partial charge is 0.229 e. The molecule has 0 aliphatic carbocycles. The zero-order valence-corrected chi connectivity index (χ0v) is 12.0. The average Bonchev–Trinajstić information content (AvgIpc) is 2.28. The van der Waals surface area contributed by atoms with Gasteiger partial charge in [0.1, 0.15) is 0 Å². The van der Waals surface area contributed by atoms with Gasteiger partial charge in [-0.15, -0.1) is 0 Å². The molecular weight excluding hydrogens is 224 g/mol. The van der Waals surface area contributed by atoms with Crippen LogP contribution >= 0.6 is 0 Å². The lowest BCUT2D eigenvalue weighted by molar-refractivity contribution is -0.123. The molecular formula is C15H24N2O. The van der Waals surface area contributed by atoms with Gasteiger partial charge >= 0.3 is 0 Å². The highest BCUT2D eigenvalue weighted by Crippen LogP contribution is 2.20. The van der Waals surface area contributed by atoms with Crippen molar-refractivity contribution in [3.63, 3.8) is 0 Å². The molecule has 0 saturated heterocycles. The minimum Gasteiger partial charge on any atom is -0.326 e. The van der Waals surface area contributed by atoms with Gasteiger partial charge in [-0.05, 0) is 31.2 Å². The number of hydrogen-bond donors (Lipinski definition) is 2. The second kappa shape index (κ2) is 6.01. The molecule has 0 spiro atoms. The van der Waals surface area contributed by atoms with Crippen LogP contribution < -0.4 is 10.6 Å². The third-order valence-corrected chi connectivity index (χ3v) is 2.84. The molecule has 1 atom stereocenters. The Morgan fingerprint density at radius 1 is 1.33 bits per heavy atom. The third kappa shape index (κ3) is 4.15. The molecule has 2 N–H and O–H groups in total. The van der Waals surface area contributed by atoms with Gasteiger partial charge in [-0.25, -0.2) is 0 Å². The molecule has 1 unspecified atom stereocenters. The molecule has 0 heterocycles. The van der Waals surface area contributed by atoms with E-state index in [9.17, 15) is 4.79 Å². The Kier molecular flexibility index (Phi) is 4.91. The maximum atomic E-state index is 11.9. The molecule has 0 fully saturated rings. The van der Waals surface area contributed by atoms with Crippen LogP contribution in [0.15, 0.2) is 24.3 Å². The fourth-order valence-corrected chi connectivity index (χ4v) is 1.63. The third-order valence-electron chi connectivity index (χ3n) is 2.84. The Labute approximate surface area is 110 Å². The first-order chi connectivity index (χ1) is 8.34. The summed E-state index contributed by atoms with van der Waals surface area (Å²) in [7, 11) is 0. The fourth-order valence-electron chi connectivity index (χ4n) is 1.63. The van der Waals surface area contributed by atoms with E-state index in [1.54, 1.807) is 0 Å². The van der Waals surface area contributed by atoms with Crippen LogP contribution in [0.2, 0.25) is 0 Å². The van der Waals surface area contributed by atoms with Gasteiger partial charge in [0.2, 0.25) is 5.91 Å². The number of nitrogens with one attached hydrogen (secondary N) is 2. The van der Waals surface area contributed by atoms with E-state index in [-0.39, 0.29) is 11.3 Å². The predicted octanol–water partition coefficient (Wildman–Crippen LogP) is 3.34. The van der Waals surface area contributed by atoms with Crippen LogP contribution in [-0.2, 0) is 4.79 Å². The van der Waals surface area contributed by atoms with Gasteiger partial charge in [-0.3, -0.25) is 4.79 Å². The van der Waals surface area contributed by atoms with Crippen molar-refractivity contribution in [3.05, 3.63) is 29.8 Å². The van der Waals surface area contributed by atoms with Crippen LogP contribution in [0.25, 0.3) is 0 Å². The fraction of sp³-hybridized carbons (Fsp3) is 0.533. The first kappa shape index (κ1) is 14.7. The minimum atomic E-state index is -0.372. The molecule has 0 bridgehead atoms. The lowest BCUT2D eigenvalue weighted by atomic mass is 9.95. The molecule has 18 heavy (non-hydrogen) atoms. The van der Waals surface area contributed by atoms with Crippen LogP contribution in [0.4, 0.5) is 5.69 Å². The van der Waals surface area contributed by atoms with Crippen molar-refractivity contribution >= 4 is 11.6 Å². The van der Waals surface area contributed by atoms with Gasteiger partial charge in [0, 0.05) is 17.1 Å². The average molecular weight is 248 g/mol. The molecule has 0 radical (unpaired) electrons. The van der Waals surface area contributed by atoms with E-state index in [2.05, 4.69) is 30.5 Å². The van der Waals surface area contributed by atoms with Gasteiger partial charge in [-0.1, -0.05) is 39.8 Å². The number of rotatable bonds is 4. The summed E-state index contributed by atoms with van der Waals surface area (Å²) in [5.41, 5.74) is 1.67. The molecule has 1 aromatic carbocycles. The van der Waals surface area contributed by atoms with E-state index in [4.69, 9.17) is 0 Å². The highest BCUT2D eigenvalue weighted by atomic mass is 16.2. The molecule has 0 aliphatic heterocycles. The zero-order chi connectivity index (χ0) is 13.8. The number of hydrogen-bond acceptors (Lipinski definition) is 2. The topological polar surface area (TPSA) is 41.1 Å². The number of anilines is 1. The summed E-state index contributed by atoms with van der Waals surface area (Å²) in [6, 6.07) is 8.28. The summed E-state index contributed by atoms with van der Waals surface area (Å²) in [6.45, 7) is 10.9. The van der Waals surface area contributed by atoms with Crippen molar-refractivity contribution in [3.8, 4) is 0 Å². The van der Waals surface area contributed by atoms with Gasteiger partial charge in [0.15, 0.2) is 0 Å². The summed E-state index contributed by atoms with van der Waals surface area (Å²) in [4.78, 5) is 11.9. The number of carbonyl (C=O) groups excluding carboxylic acids is 1. The molecule has 100 valence electrons. The van der Waals surface area contributed by atoms with E-state index < -0.39 is 0 Å². The molecule has 0 aromatic heterocycles. The number of carbonyl (C=O) groups is 1. The highest BCUT2D eigenvalue weighted by Gasteiger charge is 2.21. The number of amides is 1. The standard InChI is InChI=1S/C15H24N2O/c1-6-16-11(2)12-8-7-9-13(10-12)17-14(18)15(3,4)5/h7-11,16H,6H2,1-5H3,(H,17,18). The van der Waals surface area contributed by atoms with Gasteiger partial charge in [0.25, 0.3) is 0 Å². The molecule has 0 aliphatic rings. The van der Waals surface area contributed by atoms with Crippen molar-refractivity contribution in [1.82, 2.24) is 5.32 Å². The van der Waals surface area contributed by atoms with Crippen LogP contribution in [0.5, 0.6) is 0 Å². The van der Waals surface area contributed by atoms with Crippen LogP contribution in [0.1, 0.15) is 46.2 Å². The Morgan fingerprint density at radius 3 is 2.56 bits per heavy atom. The molecule has 0 saturated carbocycles. The van der Waals surface area contributed by atoms with E-state index in [0.717, 1.165) is 12.2 Å². The van der Waals surface area contributed by atoms with Crippen molar-refractivity contribution in [2.45, 2.75) is 40.7 Å². The first-order valence-corrected chi connectivity index (χ1v) is 6.49. The summed E-state index contributed by atoms with van der Waals surface area (Å²) in [6.07, 6.45) is 0. The summed E-state index contributed by atoms with van der Waals surface area (Å²) >= 11 is 0. The van der Waals surface area contributed by atoms with Crippen LogP contribution in [-0.4, -0.2) is 12.5 Å². The second-order valence-corrected chi connectivity index (χ2v) is 5.61. The maximum Gasteiger partial charge on any atom is 0.229 e. The lowest BCUT2D eigenvalue weighted by Crippen LogP contribution is -2.27. The highest BCUT2D eigenvalue weighted by molar-refractivity contribution is 5.94. The Morgan fingerprint density at radius 2 is 2.00 bits per heavy atom. The predicted molar refractivity (Wildman–Crippen MR) is 76.6 cm³/mol. The molecule has 3 heteroatoms. The molecule has 3 nitrogen and oxygen atoms in total. The first-order valence-electron chi connectivity index (χ1n) is 6.49. The van der Waals surface area contributed by atoms with E-state index in [1.165, 1.54) is 5.56 Å². The van der Waals surface area contributed by atoms with E-state index >= 15 is 0 Å². The summed E-state index contributed by atoms with van der Waals surface area (Å²) < 4.78 is 0. The Balaban J connectivity index is 2.80. The van der Waals surface area contributed by atoms with Crippen molar-refractivity contribution < 1.29 is 4.79 Å². The molecule has 1 aromatic rings. The molecule has 1 amide bonds. The van der Waals surface area contributed by atoms with Crippen molar-refractivity contribution in [1.29, 1.82) is 0 Å². The van der Waals surface area contributed by atoms with Gasteiger partial charge < -0.3 is 10.6 Å². The Bertz CT molecular complexity index is 407. The van der Waals surface area contributed by atoms with Crippen molar-refractivity contribution in [2.24, 2.45) is 5.41 Å². The zero-order valence-electron chi connectivity index (χ0n) is 12.0. The van der Waals surface area contributed by atoms with E-state index in [0.29, 0.717) is 6.04 Å².